The molecule has 50 valence electrons. The van der Waals surface area contributed by atoms with Crippen LogP contribution in [0.2, 0.25) is 0 Å². The summed E-state index contributed by atoms with van der Waals surface area (Å²) < 4.78 is 0. The maximum atomic E-state index is 10.5. The molecule has 1 saturated carbocycles. The summed E-state index contributed by atoms with van der Waals surface area (Å²) in [6, 6.07) is 0. The molecule has 1 aliphatic rings. The molecular weight excluding hydrogens is 112 g/mol. The molecule has 0 aromatic carbocycles. The molecule has 0 aromatic rings. The Labute approximate surface area is 55.8 Å². The van der Waals surface area contributed by atoms with Crippen molar-refractivity contribution in [2.75, 3.05) is 0 Å². The van der Waals surface area contributed by atoms with E-state index >= 15 is 0 Å². The van der Waals surface area contributed by atoms with Crippen molar-refractivity contribution in [3.63, 3.8) is 0 Å². The fourth-order valence-corrected chi connectivity index (χ4v) is 1.24. The van der Waals surface area contributed by atoms with Crippen LogP contribution in [-0.2, 0) is 4.79 Å². The van der Waals surface area contributed by atoms with Gasteiger partial charge in [-0.3, -0.25) is 4.79 Å². The minimum atomic E-state index is 0.192. The third-order valence-corrected chi connectivity index (χ3v) is 1.63. The first-order valence-electron chi connectivity index (χ1n) is 3.38. The van der Waals surface area contributed by atoms with Crippen molar-refractivity contribution in [1.29, 1.82) is 0 Å². The van der Waals surface area contributed by atoms with Gasteiger partial charge in [0.2, 0.25) is 0 Å². The molecule has 0 atom stereocenters. The van der Waals surface area contributed by atoms with E-state index in [2.05, 4.69) is 6.92 Å². The number of carbonyl (C=O) groups is 1. The second-order valence-electron chi connectivity index (χ2n) is 2.93. The van der Waals surface area contributed by atoms with Crippen molar-refractivity contribution < 1.29 is 4.79 Å². The largest absolute Gasteiger partial charge is 0.295 e. The molecule has 1 rings (SSSR count). The highest BCUT2D eigenvalue weighted by atomic mass is 16.1. The van der Waals surface area contributed by atoms with Crippen LogP contribution in [0.4, 0.5) is 0 Å². The van der Waals surface area contributed by atoms with Crippen LogP contribution in [0.5, 0.6) is 0 Å². The van der Waals surface area contributed by atoms with Crippen molar-refractivity contribution in [1.82, 2.24) is 0 Å². The van der Waals surface area contributed by atoms with Gasteiger partial charge in [-0.1, -0.05) is 12.5 Å². The Hall–Kier alpha value is -0.590. The zero-order valence-corrected chi connectivity index (χ0v) is 5.98. The molecule has 0 amide bonds. The Bertz CT molecular complexity index is 148. The molecule has 0 spiro atoms. The molecule has 1 aliphatic carbocycles. The lowest BCUT2D eigenvalue weighted by Crippen LogP contribution is -2.11. The number of hydrogen-bond acceptors (Lipinski definition) is 1. The van der Waals surface area contributed by atoms with Crippen molar-refractivity contribution in [3.8, 4) is 0 Å². The van der Waals surface area contributed by atoms with E-state index in [0.717, 1.165) is 18.8 Å². The van der Waals surface area contributed by atoms with E-state index in [4.69, 9.17) is 0 Å². The summed E-state index contributed by atoms with van der Waals surface area (Å²) in [6.45, 7) is 3.81. The van der Waals surface area contributed by atoms with Crippen molar-refractivity contribution in [2.45, 2.75) is 26.7 Å². The van der Waals surface area contributed by atoms with Crippen molar-refractivity contribution in [3.05, 3.63) is 11.6 Å². The third kappa shape index (κ3) is 1.67. The van der Waals surface area contributed by atoms with Gasteiger partial charge >= 0.3 is 0 Å². The second kappa shape index (κ2) is 2.34. The van der Waals surface area contributed by atoms with Crippen LogP contribution in [0.25, 0.3) is 0 Å². The van der Waals surface area contributed by atoms with Gasteiger partial charge in [0.25, 0.3) is 0 Å². The van der Waals surface area contributed by atoms with Crippen LogP contribution in [0, 0.1) is 5.92 Å². The molecule has 0 unspecified atom stereocenters. The Morgan fingerprint density at radius 2 is 2.22 bits per heavy atom. The lowest BCUT2D eigenvalue weighted by Gasteiger charge is -2.24. The molecule has 1 heteroatoms. The molecule has 0 bridgehead atoms. The number of rotatable bonds is 1. The normalized spacial score (nSPS) is 25.1. The van der Waals surface area contributed by atoms with Gasteiger partial charge in [0.1, 0.15) is 0 Å². The summed E-state index contributed by atoms with van der Waals surface area (Å²) in [5, 5.41) is 0. The minimum Gasteiger partial charge on any atom is -0.295 e. The third-order valence-electron chi connectivity index (χ3n) is 1.63. The van der Waals surface area contributed by atoms with E-state index in [1.54, 1.807) is 13.0 Å². The van der Waals surface area contributed by atoms with E-state index in [9.17, 15) is 4.79 Å². The van der Waals surface area contributed by atoms with Crippen molar-refractivity contribution >= 4 is 5.78 Å². The van der Waals surface area contributed by atoms with E-state index in [0.29, 0.717) is 0 Å². The Morgan fingerprint density at radius 1 is 1.67 bits per heavy atom. The second-order valence-corrected chi connectivity index (χ2v) is 2.93. The van der Waals surface area contributed by atoms with E-state index < -0.39 is 0 Å². The average molecular weight is 124 g/mol. The van der Waals surface area contributed by atoms with Gasteiger partial charge in [0.05, 0.1) is 0 Å². The van der Waals surface area contributed by atoms with Crippen LogP contribution in [0.3, 0.4) is 0 Å². The van der Waals surface area contributed by atoms with Crippen LogP contribution in [-0.4, -0.2) is 5.78 Å². The molecule has 0 heterocycles. The molecule has 0 aliphatic heterocycles. The molecule has 0 N–H and O–H groups in total. The molecule has 0 radical (unpaired) electrons. The van der Waals surface area contributed by atoms with E-state index in [1.165, 1.54) is 5.57 Å². The number of carbonyl (C=O) groups excluding carboxylic acids is 1. The molecule has 9 heavy (non-hydrogen) atoms. The Kier molecular flexibility index (Phi) is 1.70. The predicted molar refractivity (Wildman–Crippen MR) is 37.2 cm³/mol. The molecule has 0 saturated heterocycles. The molecule has 1 fully saturated rings. The smallest absolute Gasteiger partial charge is 0.152 e. The van der Waals surface area contributed by atoms with Crippen molar-refractivity contribution in [2.24, 2.45) is 5.92 Å². The number of ketones is 1. The lowest BCUT2D eigenvalue weighted by atomic mass is 9.81. The van der Waals surface area contributed by atoms with E-state index in [-0.39, 0.29) is 5.78 Å². The van der Waals surface area contributed by atoms with Crippen LogP contribution < -0.4 is 0 Å². The first kappa shape index (κ1) is 6.53. The lowest BCUT2D eigenvalue weighted by molar-refractivity contribution is -0.112. The van der Waals surface area contributed by atoms with Crippen LogP contribution in [0.1, 0.15) is 26.7 Å². The summed E-state index contributed by atoms with van der Waals surface area (Å²) in [4.78, 5) is 10.5. The quantitative estimate of drug-likeness (QED) is 0.488. The first-order chi connectivity index (χ1) is 4.18. The maximum Gasteiger partial charge on any atom is 0.152 e. The zero-order valence-electron chi connectivity index (χ0n) is 5.98. The summed E-state index contributed by atoms with van der Waals surface area (Å²) in [5.74, 6) is 1.01. The van der Waals surface area contributed by atoms with Gasteiger partial charge in [-0.15, -0.1) is 0 Å². The Balaban J connectivity index is 2.39. The van der Waals surface area contributed by atoms with Gasteiger partial charge in [-0.2, -0.15) is 0 Å². The van der Waals surface area contributed by atoms with E-state index in [1.807, 2.05) is 0 Å². The average Bonchev–Trinajstić information content (AvgIpc) is 1.60. The number of hydrogen-bond donors (Lipinski definition) is 0. The van der Waals surface area contributed by atoms with Gasteiger partial charge in [-0.25, -0.2) is 0 Å². The standard InChI is InChI=1S/C8H12O/c1-6-3-8(4-6)5-7(2)9/h5-6H,3-4H2,1-2H3. The summed E-state index contributed by atoms with van der Waals surface area (Å²) in [5.41, 5.74) is 1.33. The summed E-state index contributed by atoms with van der Waals surface area (Å²) >= 11 is 0. The van der Waals surface area contributed by atoms with Gasteiger partial charge in [0, 0.05) is 0 Å². The topological polar surface area (TPSA) is 17.1 Å². The maximum absolute atomic E-state index is 10.5. The fourth-order valence-electron chi connectivity index (χ4n) is 1.24. The summed E-state index contributed by atoms with van der Waals surface area (Å²) in [6.07, 6.45) is 4.04. The monoisotopic (exact) mass is 124 g/mol. The fraction of sp³-hybridized carbons (Fsp3) is 0.625. The minimum absolute atomic E-state index is 0.192. The first-order valence-corrected chi connectivity index (χ1v) is 3.38. The molecule has 1 nitrogen and oxygen atoms in total. The van der Waals surface area contributed by atoms with Gasteiger partial charge in [0.15, 0.2) is 5.78 Å². The van der Waals surface area contributed by atoms with Gasteiger partial charge in [-0.05, 0) is 31.8 Å². The van der Waals surface area contributed by atoms with Gasteiger partial charge < -0.3 is 0 Å². The van der Waals surface area contributed by atoms with Crippen LogP contribution >= 0.6 is 0 Å². The molecular formula is C8H12O. The predicted octanol–water partition coefficient (Wildman–Crippen LogP) is 1.93. The Morgan fingerprint density at radius 3 is 2.56 bits per heavy atom. The highest BCUT2D eigenvalue weighted by Gasteiger charge is 2.17. The highest BCUT2D eigenvalue weighted by molar-refractivity contribution is 5.88. The zero-order chi connectivity index (χ0) is 6.85. The molecule has 0 aromatic heterocycles. The number of allylic oxidation sites excluding steroid dienone is 2. The SMILES string of the molecule is CC(=O)C=C1CC(C)C1. The highest BCUT2D eigenvalue weighted by Crippen LogP contribution is 2.31. The summed E-state index contributed by atoms with van der Waals surface area (Å²) in [7, 11) is 0. The van der Waals surface area contributed by atoms with Crippen LogP contribution in [0.15, 0.2) is 11.6 Å².